The quantitative estimate of drug-likeness (QED) is 0.710. The lowest BCUT2D eigenvalue weighted by atomic mass is 9.80. The second kappa shape index (κ2) is 5.87. The lowest BCUT2D eigenvalue weighted by molar-refractivity contribution is -0.336. The zero-order valence-electron chi connectivity index (χ0n) is 11.8. The molecular formula is C16H12BrF5O. The molecule has 0 radical (unpaired) electrons. The van der Waals surface area contributed by atoms with E-state index in [0.29, 0.717) is 10.0 Å². The number of rotatable bonds is 3. The molecule has 0 saturated heterocycles. The third kappa shape index (κ3) is 2.99. The van der Waals surface area contributed by atoms with Gasteiger partial charge in [-0.1, -0.05) is 57.9 Å². The highest BCUT2D eigenvalue weighted by Gasteiger charge is 2.71. The Kier molecular flexibility index (Phi) is 4.56. The summed E-state index contributed by atoms with van der Waals surface area (Å²) < 4.78 is 67.6. The Bertz CT molecular complexity index is 632. The molecular weight excluding hydrogens is 383 g/mol. The molecule has 1 atom stereocenters. The lowest BCUT2D eigenvalue weighted by Gasteiger charge is -2.37. The Hall–Kier alpha value is -1.47. The van der Waals surface area contributed by atoms with Crippen molar-refractivity contribution >= 4 is 15.9 Å². The molecule has 2 rings (SSSR count). The van der Waals surface area contributed by atoms with Crippen molar-refractivity contribution in [3.05, 3.63) is 69.7 Å². The number of halogens is 6. The first kappa shape index (κ1) is 17.9. The van der Waals surface area contributed by atoms with E-state index in [1.54, 1.807) is 6.92 Å². The maximum atomic E-state index is 14.2. The molecule has 1 unspecified atom stereocenters. The van der Waals surface area contributed by atoms with Gasteiger partial charge in [0.2, 0.25) is 0 Å². The summed E-state index contributed by atoms with van der Waals surface area (Å²) in [5, 5.41) is 10.5. The van der Waals surface area contributed by atoms with Crippen molar-refractivity contribution in [2.45, 2.75) is 24.6 Å². The molecule has 2 aromatic rings. The summed E-state index contributed by atoms with van der Waals surface area (Å²) in [6.45, 7) is 1.66. The maximum absolute atomic E-state index is 14.2. The van der Waals surface area contributed by atoms with E-state index in [2.05, 4.69) is 15.9 Å². The highest BCUT2D eigenvalue weighted by Crippen LogP contribution is 2.51. The lowest BCUT2D eigenvalue weighted by Crippen LogP contribution is -2.55. The van der Waals surface area contributed by atoms with Crippen molar-refractivity contribution in [1.29, 1.82) is 0 Å². The monoisotopic (exact) mass is 394 g/mol. The predicted molar refractivity (Wildman–Crippen MR) is 79.3 cm³/mol. The van der Waals surface area contributed by atoms with E-state index in [-0.39, 0.29) is 0 Å². The van der Waals surface area contributed by atoms with Gasteiger partial charge in [0, 0.05) is 4.47 Å². The second-order valence-electron chi connectivity index (χ2n) is 5.16. The van der Waals surface area contributed by atoms with Crippen LogP contribution in [0.2, 0.25) is 0 Å². The van der Waals surface area contributed by atoms with Crippen molar-refractivity contribution in [2.24, 2.45) is 0 Å². The van der Waals surface area contributed by atoms with Gasteiger partial charge < -0.3 is 5.11 Å². The van der Waals surface area contributed by atoms with E-state index in [9.17, 15) is 27.1 Å². The zero-order valence-corrected chi connectivity index (χ0v) is 13.4. The molecule has 7 heteroatoms. The van der Waals surface area contributed by atoms with E-state index >= 15 is 0 Å². The van der Waals surface area contributed by atoms with Gasteiger partial charge in [0.25, 0.3) is 0 Å². The van der Waals surface area contributed by atoms with E-state index in [1.165, 1.54) is 24.3 Å². The largest absolute Gasteiger partial charge is 0.457 e. The smallest absolute Gasteiger partial charge is 0.374 e. The first-order chi connectivity index (χ1) is 10.5. The average molecular weight is 395 g/mol. The minimum Gasteiger partial charge on any atom is -0.374 e. The SMILES string of the molecule is Cc1ccc(C(O)(c2ccc(Br)cc2)C(F)(F)C(F)(F)F)cc1. The first-order valence-electron chi connectivity index (χ1n) is 6.50. The number of hydrogen-bond acceptors (Lipinski definition) is 1. The van der Waals surface area contributed by atoms with Crippen LogP contribution in [0.5, 0.6) is 0 Å². The highest BCUT2D eigenvalue weighted by molar-refractivity contribution is 9.10. The van der Waals surface area contributed by atoms with Crippen molar-refractivity contribution < 1.29 is 27.1 Å². The molecule has 124 valence electrons. The number of benzene rings is 2. The van der Waals surface area contributed by atoms with Crippen molar-refractivity contribution in [3.8, 4) is 0 Å². The molecule has 23 heavy (non-hydrogen) atoms. The molecule has 0 saturated carbocycles. The predicted octanol–water partition coefficient (Wildman–Crippen LogP) is 5.19. The number of aryl methyl sites for hydroxylation is 1. The van der Waals surface area contributed by atoms with Gasteiger partial charge in [-0.15, -0.1) is 0 Å². The molecule has 0 fully saturated rings. The second-order valence-corrected chi connectivity index (χ2v) is 6.07. The van der Waals surface area contributed by atoms with Gasteiger partial charge in [0.1, 0.15) is 0 Å². The molecule has 1 N–H and O–H groups in total. The van der Waals surface area contributed by atoms with Crippen LogP contribution >= 0.6 is 15.9 Å². The summed E-state index contributed by atoms with van der Waals surface area (Å²) >= 11 is 3.08. The van der Waals surface area contributed by atoms with Crippen LogP contribution in [0, 0.1) is 6.92 Å². The van der Waals surface area contributed by atoms with E-state index < -0.39 is 28.8 Å². The average Bonchev–Trinajstić information content (AvgIpc) is 2.46. The standard InChI is InChI=1S/C16H12BrF5O/c1-10-2-4-11(5-3-10)14(23,15(18,19)16(20,21)22)12-6-8-13(17)9-7-12/h2-9,23H,1H3. The van der Waals surface area contributed by atoms with E-state index in [4.69, 9.17) is 0 Å². The van der Waals surface area contributed by atoms with Crippen LogP contribution in [0.4, 0.5) is 22.0 Å². The van der Waals surface area contributed by atoms with Crippen LogP contribution in [0.25, 0.3) is 0 Å². The summed E-state index contributed by atoms with van der Waals surface area (Å²) in [4.78, 5) is 0. The van der Waals surface area contributed by atoms with Gasteiger partial charge in [-0.05, 0) is 30.2 Å². The van der Waals surface area contributed by atoms with Crippen LogP contribution in [-0.2, 0) is 5.60 Å². The Balaban J connectivity index is 2.73. The van der Waals surface area contributed by atoms with E-state index in [1.807, 2.05) is 0 Å². The van der Waals surface area contributed by atoms with Gasteiger partial charge >= 0.3 is 12.1 Å². The maximum Gasteiger partial charge on any atom is 0.457 e. The van der Waals surface area contributed by atoms with Gasteiger partial charge in [-0.3, -0.25) is 0 Å². The van der Waals surface area contributed by atoms with Crippen LogP contribution in [-0.4, -0.2) is 17.2 Å². The van der Waals surface area contributed by atoms with Crippen LogP contribution in [0.3, 0.4) is 0 Å². The molecule has 0 bridgehead atoms. The number of hydrogen-bond donors (Lipinski definition) is 1. The molecule has 0 aromatic heterocycles. The number of alkyl halides is 5. The van der Waals surface area contributed by atoms with Crippen molar-refractivity contribution in [1.82, 2.24) is 0 Å². The summed E-state index contributed by atoms with van der Waals surface area (Å²) in [5.74, 6) is -5.37. The molecule has 0 spiro atoms. The summed E-state index contributed by atoms with van der Waals surface area (Å²) in [7, 11) is 0. The zero-order chi connectivity index (χ0) is 17.5. The Labute approximate surface area is 137 Å². The van der Waals surface area contributed by atoms with Crippen LogP contribution < -0.4 is 0 Å². The van der Waals surface area contributed by atoms with Gasteiger partial charge in [-0.25, -0.2) is 0 Å². The topological polar surface area (TPSA) is 20.2 Å². The fourth-order valence-corrected chi connectivity index (χ4v) is 2.48. The normalized spacial score (nSPS) is 15.3. The third-order valence-corrected chi connectivity index (χ3v) is 4.07. The molecule has 0 aliphatic heterocycles. The van der Waals surface area contributed by atoms with Crippen molar-refractivity contribution in [3.63, 3.8) is 0 Å². The summed E-state index contributed by atoms with van der Waals surface area (Å²) in [6, 6.07) is 9.51. The molecule has 0 amide bonds. The Morgan fingerprint density at radius 2 is 1.17 bits per heavy atom. The van der Waals surface area contributed by atoms with Gasteiger partial charge in [-0.2, -0.15) is 22.0 Å². The van der Waals surface area contributed by atoms with Crippen LogP contribution in [0.15, 0.2) is 53.0 Å². The highest BCUT2D eigenvalue weighted by atomic mass is 79.9. The molecule has 1 nitrogen and oxygen atoms in total. The van der Waals surface area contributed by atoms with Gasteiger partial charge in [0.05, 0.1) is 0 Å². The third-order valence-electron chi connectivity index (χ3n) is 3.54. The summed E-state index contributed by atoms with van der Waals surface area (Å²) in [5.41, 5.74) is -3.94. The minimum atomic E-state index is -5.92. The molecule has 0 heterocycles. The molecule has 0 aliphatic carbocycles. The Morgan fingerprint density at radius 1 is 0.783 bits per heavy atom. The first-order valence-corrected chi connectivity index (χ1v) is 7.29. The molecule has 2 aromatic carbocycles. The molecule has 0 aliphatic rings. The fraction of sp³-hybridized carbons (Fsp3) is 0.250. The number of aliphatic hydroxyl groups is 1. The van der Waals surface area contributed by atoms with Crippen LogP contribution in [0.1, 0.15) is 16.7 Å². The minimum absolute atomic E-state index is 0.489. The fourth-order valence-electron chi connectivity index (χ4n) is 2.22. The van der Waals surface area contributed by atoms with Gasteiger partial charge in [0.15, 0.2) is 5.60 Å². The van der Waals surface area contributed by atoms with Crippen molar-refractivity contribution in [2.75, 3.05) is 0 Å². The Morgan fingerprint density at radius 3 is 1.57 bits per heavy atom. The summed E-state index contributed by atoms with van der Waals surface area (Å²) in [6.07, 6.45) is -5.92. The van der Waals surface area contributed by atoms with E-state index in [0.717, 1.165) is 24.3 Å².